The topological polar surface area (TPSA) is 23.9 Å². The summed E-state index contributed by atoms with van der Waals surface area (Å²) in [6, 6.07) is 0. The molecule has 0 atom stereocenters. The van der Waals surface area contributed by atoms with Crippen molar-refractivity contribution in [1.82, 2.24) is 0 Å². The predicted octanol–water partition coefficient (Wildman–Crippen LogP) is 4.37. The number of hydrogen-bond donors (Lipinski definition) is 1. The van der Waals surface area contributed by atoms with E-state index in [4.69, 9.17) is 5.41 Å². The highest BCUT2D eigenvalue weighted by atomic mass is 14.3. The SMILES string of the molecule is CC.CC(C)C=N.CCC(C)C. The van der Waals surface area contributed by atoms with Crippen LogP contribution >= 0.6 is 0 Å². The third-order valence-electron chi connectivity index (χ3n) is 1.15. The zero-order valence-corrected chi connectivity index (χ0v) is 9.94. The lowest BCUT2D eigenvalue weighted by atomic mass is 10.2. The fourth-order valence-corrected chi connectivity index (χ4v) is 0. The van der Waals surface area contributed by atoms with Crippen LogP contribution in [0.4, 0.5) is 0 Å². The molecule has 0 spiro atoms. The molecule has 0 unspecified atom stereocenters. The van der Waals surface area contributed by atoms with E-state index in [1.807, 2.05) is 27.7 Å². The average Bonchev–Trinajstić information content (AvgIpc) is 2.09. The van der Waals surface area contributed by atoms with Crippen LogP contribution in [0.25, 0.3) is 0 Å². The highest BCUT2D eigenvalue weighted by molar-refractivity contribution is 5.55. The molecule has 76 valence electrons. The van der Waals surface area contributed by atoms with Gasteiger partial charge in [-0.2, -0.15) is 0 Å². The van der Waals surface area contributed by atoms with Crippen molar-refractivity contribution in [3.05, 3.63) is 0 Å². The Hall–Kier alpha value is -0.330. The van der Waals surface area contributed by atoms with Gasteiger partial charge in [-0.05, 0) is 18.1 Å². The summed E-state index contributed by atoms with van der Waals surface area (Å²) < 4.78 is 0. The van der Waals surface area contributed by atoms with Gasteiger partial charge in [-0.3, -0.25) is 0 Å². The average molecular weight is 173 g/mol. The van der Waals surface area contributed by atoms with Gasteiger partial charge in [0.2, 0.25) is 0 Å². The number of nitrogens with one attached hydrogen (secondary N) is 1. The standard InChI is InChI=1S/C5H12.C4H9N.C2H6/c1-4-5(2)3;1-4(2)3-5;1-2/h5H,4H2,1-3H3;3-5H,1-2H3;1-2H3. The zero-order chi connectivity index (χ0) is 10.6. The van der Waals surface area contributed by atoms with E-state index < -0.39 is 0 Å². The molecule has 0 bridgehead atoms. The first-order valence-electron chi connectivity index (χ1n) is 5.05. The van der Waals surface area contributed by atoms with Crippen LogP contribution in [0.5, 0.6) is 0 Å². The minimum atomic E-state index is 0.426. The van der Waals surface area contributed by atoms with Crippen LogP contribution in [0.2, 0.25) is 0 Å². The molecule has 0 amide bonds. The van der Waals surface area contributed by atoms with Crippen molar-refractivity contribution in [2.75, 3.05) is 0 Å². The second-order valence-corrected chi connectivity index (χ2v) is 3.21. The van der Waals surface area contributed by atoms with Crippen molar-refractivity contribution in [3.63, 3.8) is 0 Å². The summed E-state index contributed by atoms with van der Waals surface area (Å²) in [5.41, 5.74) is 0. The molecule has 0 aliphatic rings. The van der Waals surface area contributed by atoms with Gasteiger partial charge in [0.1, 0.15) is 0 Å². The van der Waals surface area contributed by atoms with Gasteiger partial charge in [-0.1, -0.05) is 54.9 Å². The first-order chi connectivity index (χ1) is 5.54. The lowest BCUT2D eigenvalue weighted by molar-refractivity contribution is 0.626. The lowest BCUT2D eigenvalue weighted by Gasteiger charge is -1.90. The normalized spacial score (nSPS) is 8.08. The Kier molecular flexibility index (Phi) is 25.0. The highest BCUT2D eigenvalue weighted by Crippen LogP contribution is 1.93. The molecule has 0 radical (unpaired) electrons. The van der Waals surface area contributed by atoms with E-state index in [0.717, 1.165) is 5.92 Å². The van der Waals surface area contributed by atoms with Crippen LogP contribution in [0, 0.1) is 17.2 Å². The van der Waals surface area contributed by atoms with Gasteiger partial charge in [0, 0.05) is 0 Å². The van der Waals surface area contributed by atoms with Gasteiger partial charge in [0.15, 0.2) is 0 Å². The Morgan fingerprint density at radius 1 is 1.08 bits per heavy atom. The van der Waals surface area contributed by atoms with Crippen LogP contribution in [0.15, 0.2) is 0 Å². The van der Waals surface area contributed by atoms with E-state index in [9.17, 15) is 0 Å². The van der Waals surface area contributed by atoms with Gasteiger partial charge in [-0.15, -0.1) is 0 Å². The maximum Gasteiger partial charge on any atom is -0.00223 e. The molecule has 0 fully saturated rings. The van der Waals surface area contributed by atoms with Crippen molar-refractivity contribution in [1.29, 1.82) is 5.41 Å². The molecule has 0 aromatic rings. The fourth-order valence-electron chi connectivity index (χ4n) is 0. The molecule has 0 rings (SSSR count). The van der Waals surface area contributed by atoms with Crippen molar-refractivity contribution < 1.29 is 0 Å². The molecule has 0 saturated heterocycles. The summed E-state index contributed by atoms with van der Waals surface area (Å²) in [6.07, 6.45) is 2.72. The summed E-state index contributed by atoms with van der Waals surface area (Å²) in [6.45, 7) is 14.6. The molecule has 0 aromatic heterocycles. The number of hydrogen-bond acceptors (Lipinski definition) is 1. The van der Waals surface area contributed by atoms with Gasteiger partial charge < -0.3 is 5.41 Å². The minimum absolute atomic E-state index is 0.426. The molecule has 0 aromatic carbocycles. The van der Waals surface area contributed by atoms with Crippen molar-refractivity contribution in [2.24, 2.45) is 11.8 Å². The predicted molar refractivity (Wildman–Crippen MR) is 60.1 cm³/mol. The smallest absolute Gasteiger partial charge is 0.00223 e. The summed E-state index contributed by atoms with van der Waals surface area (Å²) in [7, 11) is 0. The molecule has 0 saturated carbocycles. The maximum atomic E-state index is 6.53. The third kappa shape index (κ3) is 54.0. The molecular weight excluding hydrogens is 146 g/mol. The van der Waals surface area contributed by atoms with Gasteiger partial charge in [0.25, 0.3) is 0 Å². The molecule has 1 heteroatoms. The van der Waals surface area contributed by atoms with Gasteiger partial charge in [0.05, 0.1) is 0 Å². The molecule has 0 heterocycles. The van der Waals surface area contributed by atoms with E-state index in [-0.39, 0.29) is 0 Å². The van der Waals surface area contributed by atoms with Gasteiger partial charge in [-0.25, -0.2) is 0 Å². The van der Waals surface area contributed by atoms with Crippen molar-refractivity contribution in [3.8, 4) is 0 Å². The first kappa shape index (κ1) is 17.7. The zero-order valence-electron chi connectivity index (χ0n) is 9.94. The quantitative estimate of drug-likeness (QED) is 0.600. The van der Waals surface area contributed by atoms with Crippen molar-refractivity contribution >= 4 is 6.21 Å². The third-order valence-corrected chi connectivity index (χ3v) is 1.15. The van der Waals surface area contributed by atoms with E-state index in [0.29, 0.717) is 5.92 Å². The second kappa shape index (κ2) is 17.0. The van der Waals surface area contributed by atoms with Crippen LogP contribution in [0.3, 0.4) is 0 Å². The summed E-state index contributed by atoms with van der Waals surface area (Å²) >= 11 is 0. The van der Waals surface area contributed by atoms with Crippen LogP contribution in [0.1, 0.15) is 54.9 Å². The number of rotatable bonds is 2. The Morgan fingerprint density at radius 2 is 1.25 bits per heavy atom. The largest absolute Gasteiger partial charge is 0.313 e. The molecule has 1 N–H and O–H groups in total. The lowest BCUT2D eigenvalue weighted by Crippen LogP contribution is -1.81. The highest BCUT2D eigenvalue weighted by Gasteiger charge is 1.80. The fraction of sp³-hybridized carbons (Fsp3) is 0.909. The maximum absolute atomic E-state index is 6.53. The second-order valence-electron chi connectivity index (χ2n) is 3.21. The van der Waals surface area contributed by atoms with Crippen LogP contribution in [-0.4, -0.2) is 6.21 Å². The van der Waals surface area contributed by atoms with Crippen molar-refractivity contribution in [2.45, 2.75) is 54.9 Å². The molecular formula is C11H27N. The summed E-state index contributed by atoms with van der Waals surface area (Å²) in [4.78, 5) is 0. The first-order valence-corrected chi connectivity index (χ1v) is 5.05. The van der Waals surface area contributed by atoms with E-state index in [1.54, 1.807) is 0 Å². The summed E-state index contributed by atoms with van der Waals surface area (Å²) in [5, 5.41) is 6.53. The van der Waals surface area contributed by atoms with Crippen LogP contribution in [-0.2, 0) is 0 Å². The van der Waals surface area contributed by atoms with Gasteiger partial charge >= 0.3 is 0 Å². The monoisotopic (exact) mass is 173 g/mol. The van der Waals surface area contributed by atoms with Crippen LogP contribution < -0.4 is 0 Å². The Bertz CT molecular complexity index is 65.4. The van der Waals surface area contributed by atoms with E-state index >= 15 is 0 Å². The summed E-state index contributed by atoms with van der Waals surface area (Å²) in [5.74, 6) is 1.31. The molecule has 12 heavy (non-hydrogen) atoms. The molecule has 0 aliphatic carbocycles. The van der Waals surface area contributed by atoms with E-state index in [1.165, 1.54) is 12.6 Å². The Labute approximate surface area is 79.1 Å². The minimum Gasteiger partial charge on any atom is -0.313 e. The Morgan fingerprint density at radius 3 is 1.25 bits per heavy atom. The molecule has 1 nitrogen and oxygen atoms in total. The van der Waals surface area contributed by atoms with E-state index in [2.05, 4.69) is 20.8 Å². The Balaban J connectivity index is -0.000000112. The molecule has 0 aliphatic heterocycles.